The number of phenols is 1. The van der Waals surface area contributed by atoms with Crippen molar-refractivity contribution < 1.29 is 10.3 Å². The maximum Gasteiger partial charge on any atom is 0.115 e. The summed E-state index contributed by atoms with van der Waals surface area (Å²) in [6.07, 6.45) is 0.713. The first-order valence-electron chi connectivity index (χ1n) is 3.48. The molecule has 0 aromatic heterocycles. The van der Waals surface area contributed by atoms with E-state index in [9.17, 15) is 0 Å². The predicted molar refractivity (Wildman–Crippen MR) is 48.8 cm³/mol. The summed E-state index contributed by atoms with van der Waals surface area (Å²) in [6.45, 7) is 0.503. The first-order valence-corrected chi connectivity index (χ1v) is 3.48. The zero-order valence-electron chi connectivity index (χ0n) is 6.53. The van der Waals surface area contributed by atoms with Crippen LogP contribution < -0.4 is 5.48 Å². The molecular weight excluding hydrogens is 178 g/mol. The Kier molecular flexibility index (Phi) is 5.45. The summed E-state index contributed by atoms with van der Waals surface area (Å²) in [5, 5.41) is 17.3. The highest BCUT2D eigenvalue weighted by Gasteiger charge is 1.92. The quantitative estimate of drug-likeness (QED) is 0.629. The van der Waals surface area contributed by atoms with E-state index in [4.69, 9.17) is 10.3 Å². The number of nitrogens with one attached hydrogen (secondary N) is 1. The Balaban J connectivity index is 0.00000121. The summed E-state index contributed by atoms with van der Waals surface area (Å²) in [7, 11) is 0. The van der Waals surface area contributed by atoms with Crippen LogP contribution in [0.5, 0.6) is 5.75 Å². The third kappa shape index (κ3) is 3.57. The highest BCUT2D eigenvalue weighted by Crippen LogP contribution is 2.10. The van der Waals surface area contributed by atoms with Crippen molar-refractivity contribution in [3.8, 4) is 5.75 Å². The second-order valence-corrected chi connectivity index (χ2v) is 2.33. The van der Waals surface area contributed by atoms with Gasteiger partial charge in [-0.3, -0.25) is 0 Å². The number of hydrogen-bond donors (Lipinski definition) is 3. The van der Waals surface area contributed by atoms with Crippen molar-refractivity contribution in [1.82, 2.24) is 5.48 Å². The van der Waals surface area contributed by atoms with Gasteiger partial charge in [-0.05, 0) is 24.1 Å². The number of aromatic hydroxyl groups is 1. The van der Waals surface area contributed by atoms with Crippen LogP contribution in [-0.2, 0) is 6.42 Å². The predicted octanol–water partition coefficient (Wildman–Crippen LogP) is 1.34. The fraction of sp³-hybridized carbons (Fsp3) is 0.250. The number of benzene rings is 1. The van der Waals surface area contributed by atoms with E-state index in [0.717, 1.165) is 5.56 Å². The van der Waals surface area contributed by atoms with E-state index < -0.39 is 0 Å². The summed E-state index contributed by atoms with van der Waals surface area (Å²) >= 11 is 0. The molecule has 0 amide bonds. The van der Waals surface area contributed by atoms with Crippen molar-refractivity contribution in [3.63, 3.8) is 0 Å². The van der Waals surface area contributed by atoms with Crippen LogP contribution in [0.3, 0.4) is 0 Å². The Labute approximate surface area is 77.4 Å². The lowest BCUT2D eigenvalue weighted by Gasteiger charge is -1.99. The molecule has 12 heavy (non-hydrogen) atoms. The molecule has 68 valence electrons. The summed E-state index contributed by atoms with van der Waals surface area (Å²) in [4.78, 5) is 0. The molecule has 0 unspecified atom stereocenters. The minimum absolute atomic E-state index is 0. The van der Waals surface area contributed by atoms with Crippen LogP contribution in [0.2, 0.25) is 0 Å². The van der Waals surface area contributed by atoms with Gasteiger partial charge in [-0.25, -0.2) is 5.48 Å². The van der Waals surface area contributed by atoms with Gasteiger partial charge in [-0.15, -0.1) is 12.4 Å². The van der Waals surface area contributed by atoms with Gasteiger partial charge < -0.3 is 10.3 Å². The van der Waals surface area contributed by atoms with Crippen LogP contribution in [0.15, 0.2) is 24.3 Å². The highest BCUT2D eigenvalue weighted by atomic mass is 35.5. The fourth-order valence-corrected chi connectivity index (χ4v) is 0.912. The van der Waals surface area contributed by atoms with E-state index >= 15 is 0 Å². The molecule has 3 N–H and O–H groups in total. The lowest BCUT2D eigenvalue weighted by molar-refractivity contribution is 0.168. The average Bonchev–Trinajstić information content (AvgIpc) is 2.01. The summed E-state index contributed by atoms with van der Waals surface area (Å²) in [5.41, 5.74) is 3.06. The Morgan fingerprint density at radius 3 is 2.67 bits per heavy atom. The van der Waals surface area contributed by atoms with Gasteiger partial charge >= 0.3 is 0 Å². The zero-order valence-corrected chi connectivity index (χ0v) is 7.34. The Hall–Kier alpha value is -0.770. The molecule has 0 aliphatic rings. The van der Waals surface area contributed by atoms with Gasteiger partial charge in [0.05, 0.1) is 0 Å². The molecule has 0 aliphatic carbocycles. The van der Waals surface area contributed by atoms with Crippen molar-refractivity contribution in [3.05, 3.63) is 29.8 Å². The first-order chi connectivity index (χ1) is 5.33. The topological polar surface area (TPSA) is 52.5 Å². The van der Waals surface area contributed by atoms with Crippen molar-refractivity contribution in [1.29, 1.82) is 0 Å². The van der Waals surface area contributed by atoms with E-state index in [1.165, 1.54) is 0 Å². The number of rotatable bonds is 3. The molecule has 1 aromatic carbocycles. The van der Waals surface area contributed by atoms with Crippen LogP contribution in [0.1, 0.15) is 5.56 Å². The van der Waals surface area contributed by atoms with Crippen molar-refractivity contribution >= 4 is 12.4 Å². The van der Waals surface area contributed by atoms with Crippen molar-refractivity contribution in [2.24, 2.45) is 0 Å². The molecule has 3 nitrogen and oxygen atoms in total. The largest absolute Gasteiger partial charge is 0.508 e. The van der Waals surface area contributed by atoms with Crippen LogP contribution in [0.4, 0.5) is 0 Å². The first kappa shape index (κ1) is 11.2. The van der Waals surface area contributed by atoms with Gasteiger partial charge in [-0.2, -0.15) is 0 Å². The fourth-order valence-electron chi connectivity index (χ4n) is 0.912. The number of hydrogen-bond acceptors (Lipinski definition) is 3. The molecule has 0 aliphatic heterocycles. The van der Waals surface area contributed by atoms with Crippen LogP contribution in [0, 0.1) is 0 Å². The molecule has 1 aromatic rings. The SMILES string of the molecule is Cl.ONCCc1cccc(O)c1. The molecular formula is C8H12ClNO2. The highest BCUT2D eigenvalue weighted by molar-refractivity contribution is 5.85. The molecule has 0 saturated heterocycles. The van der Waals surface area contributed by atoms with E-state index in [1.807, 2.05) is 6.07 Å². The monoisotopic (exact) mass is 189 g/mol. The second kappa shape index (κ2) is 5.83. The number of halogens is 1. The number of hydroxylamine groups is 1. The molecule has 4 heteroatoms. The van der Waals surface area contributed by atoms with Gasteiger partial charge in [0.2, 0.25) is 0 Å². The summed E-state index contributed by atoms with van der Waals surface area (Å²) in [5.74, 6) is 0.264. The third-order valence-corrected chi connectivity index (χ3v) is 1.44. The zero-order chi connectivity index (χ0) is 8.10. The normalized spacial score (nSPS) is 9.08. The molecule has 0 bridgehead atoms. The van der Waals surface area contributed by atoms with Crippen LogP contribution in [0.25, 0.3) is 0 Å². The number of phenolic OH excluding ortho intramolecular Hbond substituents is 1. The minimum Gasteiger partial charge on any atom is -0.508 e. The Morgan fingerprint density at radius 1 is 1.33 bits per heavy atom. The molecule has 0 saturated carbocycles. The Bertz CT molecular complexity index is 230. The maximum atomic E-state index is 9.03. The van der Waals surface area contributed by atoms with Gasteiger partial charge in [0, 0.05) is 6.54 Å². The summed E-state index contributed by atoms with van der Waals surface area (Å²) in [6, 6.07) is 6.98. The van der Waals surface area contributed by atoms with Crippen molar-refractivity contribution in [2.45, 2.75) is 6.42 Å². The van der Waals surface area contributed by atoms with Crippen LogP contribution in [-0.4, -0.2) is 16.9 Å². The lowest BCUT2D eigenvalue weighted by Crippen LogP contribution is -2.10. The van der Waals surface area contributed by atoms with E-state index in [2.05, 4.69) is 5.48 Å². The van der Waals surface area contributed by atoms with Crippen LogP contribution >= 0.6 is 12.4 Å². The summed E-state index contributed by atoms with van der Waals surface area (Å²) < 4.78 is 0. The molecule has 1 rings (SSSR count). The molecule has 0 atom stereocenters. The smallest absolute Gasteiger partial charge is 0.115 e. The van der Waals surface area contributed by atoms with Crippen molar-refractivity contribution in [2.75, 3.05) is 6.54 Å². The molecule has 0 fully saturated rings. The van der Waals surface area contributed by atoms with Gasteiger partial charge in [0.25, 0.3) is 0 Å². The third-order valence-electron chi connectivity index (χ3n) is 1.44. The average molecular weight is 190 g/mol. The van der Waals surface area contributed by atoms with E-state index in [1.54, 1.807) is 18.2 Å². The minimum atomic E-state index is 0. The maximum absolute atomic E-state index is 9.03. The van der Waals surface area contributed by atoms with E-state index in [0.29, 0.717) is 13.0 Å². The molecule has 0 radical (unpaired) electrons. The lowest BCUT2D eigenvalue weighted by atomic mass is 10.1. The van der Waals surface area contributed by atoms with Gasteiger partial charge in [0.15, 0.2) is 0 Å². The molecule has 0 heterocycles. The standard InChI is InChI=1S/C8H11NO2.ClH/c10-8-3-1-2-7(6-8)4-5-9-11;/h1-3,6,9-11H,4-5H2;1H. The van der Waals surface area contributed by atoms with Gasteiger partial charge in [0.1, 0.15) is 5.75 Å². The van der Waals surface area contributed by atoms with Gasteiger partial charge in [-0.1, -0.05) is 12.1 Å². The second-order valence-electron chi connectivity index (χ2n) is 2.33. The van der Waals surface area contributed by atoms with E-state index in [-0.39, 0.29) is 18.2 Å². The molecule has 0 spiro atoms. The Morgan fingerprint density at radius 2 is 2.08 bits per heavy atom.